The number of ether oxygens (including phenoxy) is 1. The first-order valence-electron chi connectivity index (χ1n) is 10.9. The summed E-state index contributed by atoms with van der Waals surface area (Å²) in [6, 6.07) is 16.1. The molecule has 2 aromatic heterocycles. The zero-order chi connectivity index (χ0) is 22.6. The minimum absolute atomic E-state index is 0.0920. The molecule has 1 aliphatic heterocycles. The Morgan fingerprint density at radius 2 is 2.12 bits per heavy atom. The summed E-state index contributed by atoms with van der Waals surface area (Å²) in [6.07, 6.45) is 2.98. The van der Waals surface area contributed by atoms with Crippen LogP contribution in [0, 0.1) is 0 Å². The number of anilines is 1. The number of amides is 1. The van der Waals surface area contributed by atoms with Crippen LogP contribution in [0.15, 0.2) is 53.7 Å². The van der Waals surface area contributed by atoms with Crippen LogP contribution in [0.2, 0.25) is 0 Å². The second-order valence-electron chi connectivity index (χ2n) is 7.98. The number of benzene rings is 2. The topological polar surface area (TPSA) is 94.8 Å². The average molecular weight is 481 g/mol. The number of carbonyl (C=O) groups excluding carboxylic acids is 1. The average Bonchev–Trinajstić information content (AvgIpc) is 3.57. The van der Waals surface area contributed by atoms with Crippen molar-refractivity contribution in [3.05, 3.63) is 59.1 Å². The lowest BCUT2D eigenvalue weighted by atomic mass is 10.1. The van der Waals surface area contributed by atoms with Gasteiger partial charge in [-0.25, -0.2) is 9.67 Å². The van der Waals surface area contributed by atoms with Gasteiger partial charge >= 0.3 is 0 Å². The smallest absolute Gasteiger partial charge is 0.237 e. The molecule has 1 saturated heterocycles. The molecule has 1 aliphatic rings. The van der Waals surface area contributed by atoms with E-state index in [4.69, 9.17) is 9.72 Å². The number of thiazole rings is 1. The molecule has 10 heteroatoms. The Morgan fingerprint density at radius 3 is 2.91 bits per heavy atom. The lowest BCUT2D eigenvalue weighted by Crippen LogP contribution is -2.23. The Balaban J connectivity index is 1.16. The van der Waals surface area contributed by atoms with Crippen LogP contribution in [-0.4, -0.2) is 49.1 Å². The van der Waals surface area contributed by atoms with Gasteiger partial charge in [-0.1, -0.05) is 36.0 Å². The van der Waals surface area contributed by atoms with Crippen LogP contribution < -0.4 is 5.32 Å². The molecule has 5 rings (SSSR count). The molecule has 0 bridgehead atoms. The Morgan fingerprint density at radius 1 is 1.27 bits per heavy atom. The molecule has 2 aromatic carbocycles. The molecule has 0 aliphatic carbocycles. The molecule has 1 fully saturated rings. The van der Waals surface area contributed by atoms with E-state index in [1.807, 2.05) is 49.4 Å². The van der Waals surface area contributed by atoms with E-state index in [1.165, 1.54) is 16.5 Å². The maximum absolute atomic E-state index is 12.7. The number of carbonyl (C=O) groups is 1. The minimum Gasteiger partial charge on any atom is -0.376 e. The Bertz CT molecular complexity index is 1200. The molecule has 0 saturated carbocycles. The monoisotopic (exact) mass is 480 g/mol. The number of hydrogen-bond donors (Lipinski definition) is 1. The molecule has 170 valence electrons. The van der Waals surface area contributed by atoms with Crippen molar-refractivity contribution in [1.82, 2.24) is 25.2 Å². The van der Waals surface area contributed by atoms with Gasteiger partial charge in [-0.3, -0.25) is 4.79 Å². The molecule has 1 amide bonds. The Kier molecular flexibility index (Phi) is 6.65. The van der Waals surface area contributed by atoms with Crippen LogP contribution in [0.4, 0.5) is 5.69 Å². The van der Waals surface area contributed by atoms with Crippen LogP contribution in [0.5, 0.6) is 0 Å². The van der Waals surface area contributed by atoms with Gasteiger partial charge in [-0.2, -0.15) is 0 Å². The van der Waals surface area contributed by atoms with Gasteiger partial charge < -0.3 is 10.1 Å². The number of para-hydroxylation sites is 1. The number of rotatable bonds is 8. The predicted molar refractivity (Wildman–Crippen MR) is 130 cm³/mol. The molecule has 0 radical (unpaired) electrons. The van der Waals surface area contributed by atoms with Gasteiger partial charge in [0, 0.05) is 18.7 Å². The van der Waals surface area contributed by atoms with E-state index in [0.29, 0.717) is 11.7 Å². The fraction of sp³-hybridized carbons (Fsp3) is 0.348. The van der Waals surface area contributed by atoms with Crippen molar-refractivity contribution in [2.45, 2.75) is 49.2 Å². The highest BCUT2D eigenvalue weighted by Gasteiger charge is 2.22. The van der Waals surface area contributed by atoms with Gasteiger partial charge in [-0.15, -0.1) is 16.4 Å². The first-order chi connectivity index (χ1) is 16.1. The maximum atomic E-state index is 12.7. The zero-order valence-electron chi connectivity index (χ0n) is 18.2. The van der Waals surface area contributed by atoms with E-state index in [0.717, 1.165) is 47.6 Å². The Labute approximate surface area is 199 Å². The molecular weight excluding hydrogens is 456 g/mol. The van der Waals surface area contributed by atoms with Crippen molar-refractivity contribution in [3.8, 4) is 0 Å². The van der Waals surface area contributed by atoms with Gasteiger partial charge in [0.1, 0.15) is 0 Å². The Hall–Kier alpha value is -2.82. The number of tetrazole rings is 1. The summed E-state index contributed by atoms with van der Waals surface area (Å²) in [4.78, 5) is 17.4. The SMILES string of the molecule is C[C@@H](Sc1nnnn1C[C@H]1CCCO1)C(=O)Nc1ccc(Cc2nc3ccccc3s2)cc1. The fourth-order valence-electron chi connectivity index (χ4n) is 3.71. The summed E-state index contributed by atoms with van der Waals surface area (Å²) >= 11 is 3.06. The number of nitrogens with one attached hydrogen (secondary N) is 1. The second kappa shape index (κ2) is 9.98. The first-order valence-corrected chi connectivity index (χ1v) is 12.6. The van der Waals surface area contributed by atoms with Crippen molar-refractivity contribution < 1.29 is 9.53 Å². The van der Waals surface area contributed by atoms with E-state index >= 15 is 0 Å². The van der Waals surface area contributed by atoms with E-state index < -0.39 is 0 Å². The van der Waals surface area contributed by atoms with Crippen LogP contribution >= 0.6 is 23.1 Å². The fourth-order valence-corrected chi connectivity index (χ4v) is 5.51. The summed E-state index contributed by atoms with van der Waals surface area (Å²) in [5.74, 6) is -0.0920. The molecule has 4 aromatic rings. The number of hydrogen-bond acceptors (Lipinski definition) is 8. The third-order valence-corrected chi connectivity index (χ3v) is 7.57. The molecule has 33 heavy (non-hydrogen) atoms. The molecule has 0 spiro atoms. The highest BCUT2D eigenvalue weighted by atomic mass is 32.2. The summed E-state index contributed by atoms with van der Waals surface area (Å²) in [5, 5.41) is 16.2. The molecule has 8 nitrogen and oxygen atoms in total. The molecule has 3 heterocycles. The number of aromatic nitrogens is 5. The van der Waals surface area contributed by atoms with Crippen molar-refractivity contribution in [2.75, 3.05) is 11.9 Å². The van der Waals surface area contributed by atoms with Crippen molar-refractivity contribution in [3.63, 3.8) is 0 Å². The number of thioether (sulfide) groups is 1. The van der Waals surface area contributed by atoms with Gasteiger partial charge in [0.15, 0.2) is 0 Å². The predicted octanol–water partition coefficient (Wildman–Crippen LogP) is 4.17. The van der Waals surface area contributed by atoms with Gasteiger partial charge in [0.25, 0.3) is 0 Å². The van der Waals surface area contributed by atoms with Gasteiger partial charge in [0.05, 0.1) is 33.1 Å². The van der Waals surface area contributed by atoms with Crippen molar-refractivity contribution >= 4 is 44.9 Å². The highest BCUT2D eigenvalue weighted by Crippen LogP contribution is 2.25. The summed E-state index contributed by atoms with van der Waals surface area (Å²) in [7, 11) is 0. The van der Waals surface area contributed by atoms with E-state index in [1.54, 1.807) is 16.0 Å². The van der Waals surface area contributed by atoms with Crippen LogP contribution in [0.25, 0.3) is 10.2 Å². The van der Waals surface area contributed by atoms with Crippen LogP contribution in [-0.2, 0) is 22.5 Å². The van der Waals surface area contributed by atoms with Gasteiger partial charge in [0.2, 0.25) is 11.1 Å². The summed E-state index contributed by atoms with van der Waals surface area (Å²) in [5.41, 5.74) is 2.96. The van der Waals surface area contributed by atoms with Crippen LogP contribution in [0.3, 0.4) is 0 Å². The number of nitrogens with zero attached hydrogens (tertiary/aromatic N) is 5. The van der Waals surface area contributed by atoms with E-state index in [2.05, 4.69) is 26.9 Å². The van der Waals surface area contributed by atoms with Crippen molar-refractivity contribution in [1.29, 1.82) is 0 Å². The normalized spacial score (nSPS) is 16.8. The van der Waals surface area contributed by atoms with Crippen molar-refractivity contribution in [2.24, 2.45) is 0 Å². The summed E-state index contributed by atoms with van der Waals surface area (Å²) in [6.45, 7) is 3.25. The lowest BCUT2D eigenvalue weighted by molar-refractivity contribution is -0.115. The quantitative estimate of drug-likeness (QED) is 0.378. The molecule has 2 atom stereocenters. The molecular formula is C23H24N6O2S2. The lowest BCUT2D eigenvalue weighted by Gasteiger charge is -2.13. The maximum Gasteiger partial charge on any atom is 0.237 e. The third kappa shape index (κ3) is 5.40. The number of fused-ring (bicyclic) bond motifs is 1. The summed E-state index contributed by atoms with van der Waals surface area (Å²) < 4.78 is 8.59. The van der Waals surface area contributed by atoms with Crippen LogP contribution in [0.1, 0.15) is 30.3 Å². The van der Waals surface area contributed by atoms with Gasteiger partial charge in [-0.05, 0) is 60.0 Å². The molecule has 0 unspecified atom stereocenters. The highest BCUT2D eigenvalue weighted by molar-refractivity contribution is 8.00. The minimum atomic E-state index is -0.346. The largest absolute Gasteiger partial charge is 0.376 e. The third-order valence-electron chi connectivity index (χ3n) is 5.47. The van der Waals surface area contributed by atoms with E-state index in [-0.39, 0.29) is 17.3 Å². The second-order valence-corrected chi connectivity index (χ2v) is 10.4. The molecule has 1 N–H and O–H groups in total. The standard InChI is InChI=1S/C23H24N6O2S2/c1-15(32-23-26-27-28-29(23)14-18-5-4-12-31-18)22(30)24-17-10-8-16(9-11-17)13-21-25-19-6-2-3-7-20(19)33-21/h2-3,6-11,15,18H,4-5,12-14H2,1H3,(H,24,30)/t15-,18-/m1/s1. The first kappa shape index (κ1) is 22.0. The van der Waals surface area contributed by atoms with E-state index in [9.17, 15) is 4.79 Å². The zero-order valence-corrected chi connectivity index (χ0v) is 19.8.